The second-order valence-corrected chi connectivity index (χ2v) is 7.27. The van der Waals surface area contributed by atoms with E-state index in [1.807, 2.05) is 49.4 Å². The zero-order valence-electron chi connectivity index (χ0n) is 18.3. The van der Waals surface area contributed by atoms with Crippen molar-refractivity contribution in [3.63, 3.8) is 0 Å². The van der Waals surface area contributed by atoms with Crippen molar-refractivity contribution < 1.29 is 14.3 Å². The average Bonchev–Trinajstić information content (AvgIpc) is 3.14. The van der Waals surface area contributed by atoms with E-state index in [1.165, 1.54) is 0 Å². The average molecular weight is 422 g/mol. The van der Waals surface area contributed by atoms with Gasteiger partial charge >= 0.3 is 0 Å². The van der Waals surface area contributed by atoms with Crippen molar-refractivity contribution in [2.75, 3.05) is 20.3 Å². The minimum Gasteiger partial charge on any atom is -0.493 e. The summed E-state index contributed by atoms with van der Waals surface area (Å²) in [6, 6.07) is 15.9. The maximum atomic E-state index is 11.5. The Balaban J connectivity index is 1.56. The van der Waals surface area contributed by atoms with Crippen LogP contribution in [0.2, 0.25) is 0 Å². The number of aromatic nitrogens is 2. The molecule has 0 fully saturated rings. The number of hydrogen-bond donors (Lipinski definition) is 1. The summed E-state index contributed by atoms with van der Waals surface area (Å²) in [6.07, 6.45) is 7.21. The van der Waals surface area contributed by atoms with Gasteiger partial charge in [-0.2, -0.15) is 0 Å². The van der Waals surface area contributed by atoms with Crippen LogP contribution in [-0.2, 0) is 17.8 Å². The molecule has 6 nitrogen and oxygen atoms in total. The zero-order chi connectivity index (χ0) is 21.9. The van der Waals surface area contributed by atoms with Gasteiger partial charge in [0.25, 0.3) is 0 Å². The predicted octanol–water partition coefficient (Wildman–Crippen LogP) is 4.53. The monoisotopic (exact) mass is 421 g/mol. The Morgan fingerprint density at radius 1 is 1.06 bits per heavy atom. The minimum atomic E-state index is -0.0284. The van der Waals surface area contributed by atoms with Crippen LogP contribution in [0.5, 0.6) is 11.5 Å². The van der Waals surface area contributed by atoms with E-state index < -0.39 is 0 Å². The van der Waals surface area contributed by atoms with Gasteiger partial charge in [0.05, 0.1) is 24.7 Å². The third-order valence-corrected chi connectivity index (χ3v) is 5.07. The largest absolute Gasteiger partial charge is 0.493 e. The van der Waals surface area contributed by atoms with E-state index in [1.54, 1.807) is 19.3 Å². The lowest BCUT2D eigenvalue weighted by atomic mass is 10.2. The van der Waals surface area contributed by atoms with Gasteiger partial charge in [-0.05, 0) is 50.1 Å². The quantitative estimate of drug-likeness (QED) is 0.345. The first-order valence-corrected chi connectivity index (χ1v) is 10.8. The Morgan fingerprint density at radius 2 is 1.84 bits per heavy atom. The number of rotatable bonds is 12. The van der Waals surface area contributed by atoms with Gasteiger partial charge in [0, 0.05) is 13.0 Å². The van der Waals surface area contributed by atoms with Gasteiger partial charge in [0.1, 0.15) is 12.4 Å². The Labute approximate surface area is 183 Å². The summed E-state index contributed by atoms with van der Waals surface area (Å²) >= 11 is 0. The van der Waals surface area contributed by atoms with Crippen LogP contribution in [0, 0.1) is 0 Å². The molecule has 0 aliphatic carbocycles. The van der Waals surface area contributed by atoms with Crippen molar-refractivity contribution in [2.24, 2.45) is 0 Å². The molecule has 0 aliphatic heterocycles. The van der Waals surface area contributed by atoms with Gasteiger partial charge in [-0.3, -0.25) is 4.79 Å². The highest BCUT2D eigenvalue weighted by atomic mass is 16.5. The Morgan fingerprint density at radius 3 is 2.65 bits per heavy atom. The van der Waals surface area contributed by atoms with Crippen LogP contribution in [0.25, 0.3) is 11.0 Å². The van der Waals surface area contributed by atoms with E-state index in [9.17, 15) is 4.79 Å². The molecule has 164 valence electrons. The molecule has 1 aromatic heterocycles. The highest BCUT2D eigenvalue weighted by molar-refractivity contribution is 5.87. The van der Waals surface area contributed by atoms with Crippen LogP contribution in [0.1, 0.15) is 32.0 Å². The standard InChI is InChI=1S/C25H31N3O3/c1-3-11-25(29)26-17-10-4-5-16-24-27-20-12-6-7-13-21(20)28(24)18-19-31-23-15-9-8-14-22(23)30-2/h3,6-9,11-15H,4-5,10,16-19H2,1-2H3,(H,26,29)/b11-3+. The Bertz CT molecular complexity index is 1010. The summed E-state index contributed by atoms with van der Waals surface area (Å²) < 4.78 is 13.6. The van der Waals surface area contributed by atoms with Gasteiger partial charge in [-0.25, -0.2) is 4.98 Å². The van der Waals surface area contributed by atoms with Gasteiger partial charge in [0.2, 0.25) is 5.91 Å². The molecule has 0 saturated heterocycles. The van der Waals surface area contributed by atoms with E-state index in [2.05, 4.69) is 16.0 Å². The lowest BCUT2D eigenvalue weighted by Crippen LogP contribution is -2.22. The number of benzene rings is 2. The molecule has 0 atom stereocenters. The number of para-hydroxylation sites is 4. The molecule has 3 rings (SSSR count). The lowest BCUT2D eigenvalue weighted by Gasteiger charge is -2.13. The van der Waals surface area contributed by atoms with Crippen molar-refractivity contribution in [1.29, 1.82) is 0 Å². The summed E-state index contributed by atoms with van der Waals surface area (Å²) in [4.78, 5) is 16.3. The number of nitrogens with one attached hydrogen (secondary N) is 1. The van der Waals surface area contributed by atoms with E-state index in [-0.39, 0.29) is 5.91 Å². The van der Waals surface area contributed by atoms with Crippen molar-refractivity contribution in [3.05, 3.63) is 66.5 Å². The smallest absolute Gasteiger partial charge is 0.243 e. The lowest BCUT2D eigenvalue weighted by molar-refractivity contribution is -0.116. The normalized spacial score (nSPS) is 11.2. The molecule has 0 aliphatic rings. The molecule has 1 heterocycles. The molecule has 0 saturated carbocycles. The fraction of sp³-hybridized carbons (Fsp3) is 0.360. The number of ether oxygens (including phenoxy) is 2. The van der Waals surface area contributed by atoms with E-state index in [0.717, 1.165) is 54.0 Å². The van der Waals surface area contributed by atoms with Crippen molar-refractivity contribution >= 4 is 16.9 Å². The number of amides is 1. The summed E-state index contributed by atoms with van der Waals surface area (Å²) in [5.74, 6) is 2.53. The van der Waals surface area contributed by atoms with E-state index in [0.29, 0.717) is 19.7 Å². The number of unbranched alkanes of at least 4 members (excludes halogenated alkanes) is 2. The molecule has 31 heavy (non-hydrogen) atoms. The van der Waals surface area contributed by atoms with Crippen LogP contribution >= 0.6 is 0 Å². The fourth-order valence-corrected chi connectivity index (χ4v) is 3.56. The highest BCUT2D eigenvalue weighted by Crippen LogP contribution is 2.26. The second kappa shape index (κ2) is 11.8. The Hall–Kier alpha value is -3.28. The first kappa shape index (κ1) is 22.4. The number of aryl methyl sites for hydroxylation is 1. The molecular weight excluding hydrogens is 390 g/mol. The topological polar surface area (TPSA) is 65.4 Å². The number of hydrogen-bond acceptors (Lipinski definition) is 4. The van der Waals surface area contributed by atoms with Crippen molar-refractivity contribution in [2.45, 2.75) is 39.2 Å². The fourth-order valence-electron chi connectivity index (χ4n) is 3.56. The number of imidazole rings is 1. The first-order valence-electron chi connectivity index (χ1n) is 10.8. The summed E-state index contributed by atoms with van der Waals surface area (Å²) in [5, 5.41) is 2.89. The van der Waals surface area contributed by atoms with Gasteiger partial charge in [-0.15, -0.1) is 0 Å². The number of methoxy groups -OCH3 is 1. The van der Waals surface area contributed by atoms with Crippen molar-refractivity contribution in [1.82, 2.24) is 14.9 Å². The molecule has 1 N–H and O–H groups in total. The van der Waals surface area contributed by atoms with Crippen LogP contribution in [0.4, 0.5) is 0 Å². The third kappa shape index (κ3) is 6.35. The van der Waals surface area contributed by atoms with E-state index >= 15 is 0 Å². The number of carbonyl (C=O) groups is 1. The molecule has 2 aromatic carbocycles. The third-order valence-electron chi connectivity index (χ3n) is 5.07. The number of carbonyl (C=O) groups excluding carboxylic acids is 1. The number of fused-ring (bicyclic) bond motifs is 1. The Kier molecular flexibility index (Phi) is 8.52. The van der Waals surface area contributed by atoms with Gasteiger partial charge in [0.15, 0.2) is 11.5 Å². The first-order chi connectivity index (χ1) is 15.2. The molecule has 6 heteroatoms. The van der Waals surface area contributed by atoms with Crippen LogP contribution in [0.3, 0.4) is 0 Å². The van der Waals surface area contributed by atoms with Crippen molar-refractivity contribution in [3.8, 4) is 11.5 Å². The van der Waals surface area contributed by atoms with Crippen LogP contribution < -0.4 is 14.8 Å². The highest BCUT2D eigenvalue weighted by Gasteiger charge is 2.11. The molecule has 0 spiro atoms. The summed E-state index contributed by atoms with van der Waals surface area (Å²) in [6.45, 7) is 3.79. The van der Waals surface area contributed by atoms with Crippen LogP contribution in [0.15, 0.2) is 60.7 Å². The van der Waals surface area contributed by atoms with Gasteiger partial charge < -0.3 is 19.4 Å². The van der Waals surface area contributed by atoms with Crippen LogP contribution in [-0.4, -0.2) is 35.7 Å². The molecular formula is C25H31N3O3. The predicted molar refractivity (Wildman–Crippen MR) is 124 cm³/mol. The molecule has 1 amide bonds. The zero-order valence-corrected chi connectivity index (χ0v) is 18.3. The maximum absolute atomic E-state index is 11.5. The molecule has 0 unspecified atom stereocenters. The second-order valence-electron chi connectivity index (χ2n) is 7.27. The SMILES string of the molecule is C/C=C/C(=O)NCCCCCc1nc2ccccc2n1CCOc1ccccc1OC. The number of allylic oxidation sites excluding steroid dienone is 1. The molecule has 0 bridgehead atoms. The summed E-state index contributed by atoms with van der Waals surface area (Å²) in [5.41, 5.74) is 2.13. The molecule has 0 radical (unpaired) electrons. The molecule has 3 aromatic rings. The minimum absolute atomic E-state index is 0.0284. The van der Waals surface area contributed by atoms with E-state index in [4.69, 9.17) is 14.5 Å². The number of nitrogens with zero attached hydrogens (tertiary/aromatic N) is 2. The van der Waals surface area contributed by atoms with Gasteiger partial charge in [-0.1, -0.05) is 36.8 Å². The summed E-state index contributed by atoms with van der Waals surface area (Å²) in [7, 11) is 1.65. The maximum Gasteiger partial charge on any atom is 0.243 e.